The lowest BCUT2D eigenvalue weighted by Crippen LogP contribution is -2.27. The normalized spacial score (nSPS) is 22.2. The number of aliphatic imine (C=N–C) groups is 1. The van der Waals surface area contributed by atoms with Crippen molar-refractivity contribution in [2.24, 2.45) is 4.99 Å². The molecule has 0 aliphatic carbocycles. The molecule has 0 amide bonds. The van der Waals surface area contributed by atoms with Gasteiger partial charge in [0.25, 0.3) is 0 Å². The average molecular weight is 178 g/mol. The average Bonchev–Trinajstić information content (AvgIpc) is 2.53. The van der Waals surface area contributed by atoms with Gasteiger partial charge in [-0.15, -0.1) is 0 Å². The van der Waals surface area contributed by atoms with Gasteiger partial charge in [0.05, 0.1) is 0 Å². The summed E-state index contributed by atoms with van der Waals surface area (Å²) in [4.78, 5) is 6.14. The van der Waals surface area contributed by atoms with Crippen LogP contribution in [0.15, 0.2) is 28.9 Å². The van der Waals surface area contributed by atoms with Crippen molar-refractivity contribution in [2.45, 2.75) is 26.3 Å². The number of allylic oxidation sites excluding steroid dienone is 2. The van der Waals surface area contributed by atoms with Gasteiger partial charge >= 0.3 is 0 Å². The van der Waals surface area contributed by atoms with Crippen LogP contribution < -0.4 is 0 Å². The van der Waals surface area contributed by atoms with Crippen LogP contribution in [0.25, 0.3) is 0 Å². The molecule has 0 saturated carbocycles. The third-order valence-corrected chi connectivity index (χ3v) is 2.38. The Balaban J connectivity index is 2.44. The molecule has 1 heterocycles. The summed E-state index contributed by atoms with van der Waals surface area (Å²) in [5.74, 6) is 0. The van der Waals surface area contributed by atoms with E-state index in [1.165, 1.54) is 18.5 Å². The zero-order valence-corrected chi connectivity index (χ0v) is 8.53. The van der Waals surface area contributed by atoms with Crippen molar-refractivity contribution in [3.8, 4) is 0 Å². The Labute approximate surface area is 80.7 Å². The molecular weight excluding hydrogens is 160 g/mol. The van der Waals surface area contributed by atoms with Gasteiger partial charge in [-0.05, 0) is 33.1 Å². The molecule has 0 bridgehead atoms. The SMILES string of the molecule is C=N/C=C\C=C1/CCN(C(C)C)C1. The highest BCUT2D eigenvalue weighted by atomic mass is 15.2. The molecule has 1 rings (SSSR count). The summed E-state index contributed by atoms with van der Waals surface area (Å²) in [5, 5.41) is 0. The summed E-state index contributed by atoms with van der Waals surface area (Å²) in [7, 11) is 0. The van der Waals surface area contributed by atoms with E-state index in [4.69, 9.17) is 0 Å². The summed E-state index contributed by atoms with van der Waals surface area (Å²) >= 11 is 0. The van der Waals surface area contributed by atoms with E-state index in [2.05, 4.69) is 36.5 Å². The minimum absolute atomic E-state index is 0.660. The Kier molecular flexibility index (Phi) is 3.90. The zero-order chi connectivity index (χ0) is 9.68. The van der Waals surface area contributed by atoms with Crippen molar-refractivity contribution < 1.29 is 0 Å². The van der Waals surface area contributed by atoms with E-state index in [1.54, 1.807) is 6.20 Å². The lowest BCUT2D eigenvalue weighted by atomic mass is 10.2. The molecule has 1 aliphatic rings. The summed E-state index contributed by atoms with van der Waals surface area (Å²) in [6.45, 7) is 10.2. The summed E-state index contributed by atoms with van der Waals surface area (Å²) in [6, 6.07) is 0.660. The Bertz CT molecular complexity index is 226. The fourth-order valence-electron chi connectivity index (χ4n) is 1.52. The van der Waals surface area contributed by atoms with Gasteiger partial charge in [0.15, 0.2) is 0 Å². The number of rotatable bonds is 3. The van der Waals surface area contributed by atoms with E-state index in [0.717, 1.165) is 6.54 Å². The molecule has 0 aromatic rings. The molecule has 2 nitrogen and oxygen atoms in total. The first-order chi connectivity index (χ1) is 6.24. The Hall–Kier alpha value is -0.890. The maximum Gasteiger partial charge on any atom is 0.0260 e. The van der Waals surface area contributed by atoms with E-state index in [0.29, 0.717) is 6.04 Å². The first-order valence-electron chi connectivity index (χ1n) is 4.78. The van der Waals surface area contributed by atoms with Gasteiger partial charge in [-0.25, -0.2) is 0 Å². The summed E-state index contributed by atoms with van der Waals surface area (Å²) in [6.07, 6.45) is 7.04. The van der Waals surface area contributed by atoms with Gasteiger partial charge in [-0.3, -0.25) is 9.89 Å². The lowest BCUT2D eigenvalue weighted by molar-refractivity contribution is 0.281. The Morgan fingerprint density at radius 2 is 2.31 bits per heavy atom. The van der Waals surface area contributed by atoms with Crippen molar-refractivity contribution in [2.75, 3.05) is 13.1 Å². The van der Waals surface area contributed by atoms with Crippen LogP contribution in [-0.4, -0.2) is 30.7 Å². The summed E-state index contributed by atoms with van der Waals surface area (Å²) < 4.78 is 0. The third-order valence-electron chi connectivity index (χ3n) is 2.38. The fraction of sp³-hybridized carbons (Fsp3) is 0.545. The molecule has 0 aromatic heterocycles. The first kappa shape index (κ1) is 10.2. The Morgan fingerprint density at radius 3 is 2.85 bits per heavy atom. The molecule has 0 aromatic carbocycles. The molecule has 0 unspecified atom stereocenters. The highest BCUT2D eigenvalue weighted by molar-refractivity contribution is 5.27. The molecule has 72 valence electrons. The van der Waals surface area contributed by atoms with Gasteiger partial charge in [0.1, 0.15) is 0 Å². The van der Waals surface area contributed by atoms with Gasteiger partial charge in [-0.2, -0.15) is 0 Å². The van der Waals surface area contributed by atoms with E-state index in [1.807, 2.05) is 6.08 Å². The maximum atomic E-state index is 3.66. The van der Waals surface area contributed by atoms with Gasteiger partial charge in [0.2, 0.25) is 0 Å². The van der Waals surface area contributed by atoms with Crippen LogP contribution in [-0.2, 0) is 0 Å². The second kappa shape index (κ2) is 4.97. The molecule has 0 N–H and O–H groups in total. The number of nitrogens with zero attached hydrogens (tertiary/aromatic N) is 2. The van der Waals surface area contributed by atoms with Crippen LogP contribution in [0.4, 0.5) is 0 Å². The van der Waals surface area contributed by atoms with Crippen molar-refractivity contribution in [1.29, 1.82) is 0 Å². The highest BCUT2D eigenvalue weighted by Gasteiger charge is 2.17. The van der Waals surface area contributed by atoms with E-state index < -0.39 is 0 Å². The smallest absolute Gasteiger partial charge is 0.0260 e. The van der Waals surface area contributed by atoms with Crippen molar-refractivity contribution in [3.05, 3.63) is 23.9 Å². The van der Waals surface area contributed by atoms with E-state index >= 15 is 0 Å². The van der Waals surface area contributed by atoms with Gasteiger partial charge in [0, 0.05) is 25.3 Å². The quantitative estimate of drug-likeness (QED) is 0.605. The van der Waals surface area contributed by atoms with Gasteiger partial charge in [-0.1, -0.05) is 11.6 Å². The highest BCUT2D eigenvalue weighted by Crippen LogP contribution is 2.17. The van der Waals surface area contributed by atoms with Crippen molar-refractivity contribution >= 4 is 6.72 Å². The number of likely N-dealkylation sites (tertiary alicyclic amines) is 1. The summed E-state index contributed by atoms with van der Waals surface area (Å²) in [5.41, 5.74) is 1.49. The Morgan fingerprint density at radius 1 is 1.54 bits per heavy atom. The van der Waals surface area contributed by atoms with E-state index in [9.17, 15) is 0 Å². The predicted molar refractivity (Wildman–Crippen MR) is 58.1 cm³/mol. The molecule has 1 saturated heterocycles. The molecule has 0 spiro atoms. The zero-order valence-electron chi connectivity index (χ0n) is 8.53. The first-order valence-corrected chi connectivity index (χ1v) is 4.78. The van der Waals surface area contributed by atoms with Crippen LogP contribution >= 0.6 is 0 Å². The monoisotopic (exact) mass is 178 g/mol. The number of hydrogen-bond acceptors (Lipinski definition) is 2. The minimum atomic E-state index is 0.660. The molecule has 0 atom stereocenters. The van der Waals surface area contributed by atoms with Crippen LogP contribution in [0.2, 0.25) is 0 Å². The molecular formula is C11H18N2. The number of hydrogen-bond donors (Lipinski definition) is 0. The van der Waals surface area contributed by atoms with Crippen LogP contribution in [0, 0.1) is 0 Å². The molecule has 2 heteroatoms. The maximum absolute atomic E-state index is 3.66. The topological polar surface area (TPSA) is 15.6 Å². The van der Waals surface area contributed by atoms with Crippen LogP contribution in [0.3, 0.4) is 0 Å². The van der Waals surface area contributed by atoms with Crippen LogP contribution in [0.1, 0.15) is 20.3 Å². The fourth-order valence-corrected chi connectivity index (χ4v) is 1.52. The predicted octanol–water partition coefficient (Wildman–Crippen LogP) is 2.24. The standard InChI is InChI=1S/C11H18N2/c1-10(2)13-8-6-11(9-13)5-4-7-12-3/h4-5,7,10H,3,6,8-9H2,1-2H3/b7-4-,11-5+. The molecule has 1 aliphatic heterocycles. The third kappa shape index (κ3) is 3.15. The second-order valence-corrected chi connectivity index (χ2v) is 3.66. The van der Waals surface area contributed by atoms with Crippen molar-refractivity contribution in [1.82, 2.24) is 4.90 Å². The largest absolute Gasteiger partial charge is 0.297 e. The minimum Gasteiger partial charge on any atom is -0.297 e. The molecule has 1 fully saturated rings. The lowest BCUT2D eigenvalue weighted by Gasteiger charge is -2.18. The van der Waals surface area contributed by atoms with Gasteiger partial charge < -0.3 is 0 Å². The second-order valence-electron chi connectivity index (χ2n) is 3.66. The van der Waals surface area contributed by atoms with Crippen LogP contribution in [0.5, 0.6) is 0 Å². The van der Waals surface area contributed by atoms with E-state index in [-0.39, 0.29) is 0 Å². The molecule has 13 heavy (non-hydrogen) atoms. The van der Waals surface area contributed by atoms with Crippen molar-refractivity contribution in [3.63, 3.8) is 0 Å². The molecule has 0 radical (unpaired) electrons.